The molecule has 2 aromatic rings. The second-order valence-electron chi connectivity index (χ2n) is 8.04. The van der Waals surface area contributed by atoms with Crippen molar-refractivity contribution >= 4 is 5.91 Å². The number of aromatic nitrogens is 4. The van der Waals surface area contributed by atoms with Crippen LogP contribution in [-0.4, -0.2) is 36.9 Å². The van der Waals surface area contributed by atoms with E-state index in [2.05, 4.69) is 10.2 Å². The first-order valence-electron chi connectivity index (χ1n) is 10.3. The molecule has 29 heavy (non-hydrogen) atoms. The molecule has 1 aliphatic carbocycles. The lowest BCUT2D eigenvalue weighted by molar-refractivity contribution is -0.143. The molecule has 0 radical (unpaired) electrons. The third-order valence-corrected chi connectivity index (χ3v) is 5.99. The summed E-state index contributed by atoms with van der Waals surface area (Å²) in [6, 6.07) is -0.0906. The quantitative estimate of drug-likeness (QED) is 0.778. The van der Waals surface area contributed by atoms with Crippen LogP contribution >= 0.6 is 0 Å². The van der Waals surface area contributed by atoms with Gasteiger partial charge in [0, 0.05) is 36.6 Å². The fourth-order valence-electron chi connectivity index (χ4n) is 4.61. The maximum atomic E-state index is 13.4. The normalized spacial score (nSPS) is 20.4. The first-order valence-corrected chi connectivity index (χ1v) is 10.3. The van der Waals surface area contributed by atoms with Crippen LogP contribution in [0.3, 0.4) is 0 Å². The fourth-order valence-corrected chi connectivity index (χ4v) is 4.61. The van der Waals surface area contributed by atoms with Gasteiger partial charge < -0.3 is 4.90 Å². The van der Waals surface area contributed by atoms with Gasteiger partial charge in [0.15, 0.2) is 5.69 Å². The first-order chi connectivity index (χ1) is 13.8. The molecule has 1 fully saturated rings. The predicted octanol–water partition coefficient (Wildman–Crippen LogP) is 3.66. The van der Waals surface area contributed by atoms with E-state index >= 15 is 0 Å². The molecular formula is C20H26F3N5O. The van der Waals surface area contributed by atoms with Gasteiger partial charge in [-0.15, -0.1) is 0 Å². The van der Waals surface area contributed by atoms with E-state index in [0.717, 1.165) is 44.1 Å². The number of hydrogen-bond acceptors (Lipinski definition) is 3. The van der Waals surface area contributed by atoms with E-state index in [1.165, 1.54) is 4.68 Å². The van der Waals surface area contributed by atoms with Crippen molar-refractivity contribution in [2.75, 3.05) is 6.54 Å². The van der Waals surface area contributed by atoms with E-state index in [-0.39, 0.29) is 24.1 Å². The van der Waals surface area contributed by atoms with Crippen molar-refractivity contribution in [1.82, 2.24) is 24.5 Å². The molecule has 6 nitrogen and oxygen atoms in total. The van der Waals surface area contributed by atoms with Crippen LogP contribution in [0.4, 0.5) is 13.2 Å². The van der Waals surface area contributed by atoms with Gasteiger partial charge in [-0.2, -0.15) is 23.4 Å². The van der Waals surface area contributed by atoms with Crippen LogP contribution in [0.2, 0.25) is 0 Å². The number of nitrogens with zero attached hydrogens (tertiary/aromatic N) is 5. The summed E-state index contributed by atoms with van der Waals surface area (Å²) in [6.07, 6.45) is 5.44. The van der Waals surface area contributed by atoms with Gasteiger partial charge in [-0.05, 0) is 38.5 Å². The number of rotatable bonds is 3. The Morgan fingerprint density at radius 1 is 1.17 bits per heavy atom. The minimum atomic E-state index is -4.49. The average Bonchev–Trinajstić information content (AvgIpc) is 3.17. The van der Waals surface area contributed by atoms with Crippen molar-refractivity contribution in [3.63, 3.8) is 0 Å². The lowest BCUT2D eigenvalue weighted by Gasteiger charge is -2.30. The summed E-state index contributed by atoms with van der Waals surface area (Å²) in [5, 5.41) is 8.08. The van der Waals surface area contributed by atoms with Crippen molar-refractivity contribution in [2.45, 2.75) is 70.1 Å². The number of hydrogen-bond donors (Lipinski definition) is 0. The topological polar surface area (TPSA) is 56.0 Å². The Hall–Kier alpha value is -2.32. The summed E-state index contributed by atoms with van der Waals surface area (Å²) in [6.45, 7) is 0.461. The van der Waals surface area contributed by atoms with Gasteiger partial charge in [0.1, 0.15) is 6.54 Å². The molecule has 158 valence electrons. The minimum absolute atomic E-state index is 0.0906. The number of likely N-dealkylation sites (tertiary alicyclic amines) is 1. The zero-order valence-electron chi connectivity index (χ0n) is 16.6. The third kappa shape index (κ3) is 4.04. The number of carbonyl (C=O) groups is 1. The van der Waals surface area contributed by atoms with E-state index in [9.17, 15) is 18.0 Å². The molecule has 0 bridgehead atoms. The molecule has 4 rings (SSSR count). The first kappa shape index (κ1) is 20.0. The molecule has 1 aliphatic heterocycles. The Kier molecular flexibility index (Phi) is 5.40. The van der Waals surface area contributed by atoms with Gasteiger partial charge in [-0.3, -0.25) is 14.2 Å². The van der Waals surface area contributed by atoms with Crippen LogP contribution in [-0.2, 0) is 37.4 Å². The fraction of sp³-hybridized carbons (Fsp3) is 0.650. The molecule has 1 atom stereocenters. The highest BCUT2D eigenvalue weighted by Gasteiger charge is 2.40. The van der Waals surface area contributed by atoms with Crippen LogP contribution in [0.15, 0.2) is 12.4 Å². The molecule has 2 aromatic heterocycles. The lowest BCUT2D eigenvalue weighted by Crippen LogP contribution is -2.37. The Labute approximate surface area is 167 Å². The highest BCUT2D eigenvalue weighted by molar-refractivity contribution is 5.76. The SMILES string of the molecule is Cn1cc(C2CCCCCN2C(=O)Cn2nc(C(F)(F)F)c3c2CCCC3)cn1. The molecule has 0 aromatic carbocycles. The maximum Gasteiger partial charge on any atom is 0.435 e. The highest BCUT2D eigenvalue weighted by atomic mass is 19.4. The summed E-state index contributed by atoms with van der Waals surface area (Å²) in [5.41, 5.74) is 1.00. The Morgan fingerprint density at radius 3 is 2.69 bits per heavy atom. The molecule has 0 saturated carbocycles. The maximum absolute atomic E-state index is 13.4. The van der Waals surface area contributed by atoms with E-state index in [4.69, 9.17) is 0 Å². The van der Waals surface area contributed by atoms with Crippen LogP contribution in [0, 0.1) is 0 Å². The molecule has 1 unspecified atom stereocenters. The number of halogens is 3. The van der Waals surface area contributed by atoms with Crippen molar-refractivity contribution < 1.29 is 18.0 Å². The number of alkyl halides is 3. The highest BCUT2D eigenvalue weighted by Crippen LogP contribution is 2.36. The Balaban J connectivity index is 1.61. The molecular weight excluding hydrogens is 383 g/mol. The standard InChI is InChI=1S/C20H26F3N5O/c1-26-12-14(11-24-26)16-8-3-2-6-10-27(16)18(29)13-28-17-9-5-4-7-15(17)19(25-28)20(21,22)23/h11-12,16H,2-10,13H2,1H3. The van der Waals surface area contributed by atoms with Gasteiger partial charge in [-0.25, -0.2) is 0 Å². The second kappa shape index (κ2) is 7.84. The summed E-state index contributed by atoms with van der Waals surface area (Å²) in [7, 11) is 1.83. The van der Waals surface area contributed by atoms with Crippen molar-refractivity contribution in [3.05, 3.63) is 34.9 Å². The van der Waals surface area contributed by atoms with Crippen molar-refractivity contribution in [1.29, 1.82) is 0 Å². The molecule has 0 spiro atoms. The van der Waals surface area contributed by atoms with Crippen molar-refractivity contribution in [3.8, 4) is 0 Å². The molecule has 2 aliphatic rings. The Bertz CT molecular complexity index is 885. The molecule has 3 heterocycles. The third-order valence-electron chi connectivity index (χ3n) is 5.99. The summed E-state index contributed by atoms with van der Waals surface area (Å²) in [5.74, 6) is -0.176. The summed E-state index contributed by atoms with van der Waals surface area (Å²) < 4.78 is 43.3. The Morgan fingerprint density at radius 2 is 1.97 bits per heavy atom. The molecule has 0 N–H and O–H groups in total. The largest absolute Gasteiger partial charge is 0.435 e. The van der Waals surface area contributed by atoms with Crippen LogP contribution in [0.5, 0.6) is 0 Å². The zero-order chi connectivity index (χ0) is 20.6. The monoisotopic (exact) mass is 409 g/mol. The number of fused-ring (bicyclic) bond motifs is 1. The van der Waals surface area contributed by atoms with Gasteiger partial charge in [0.2, 0.25) is 5.91 Å². The molecule has 1 saturated heterocycles. The van der Waals surface area contributed by atoms with Gasteiger partial charge in [0.05, 0.1) is 12.2 Å². The molecule has 9 heteroatoms. The van der Waals surface area contributed by atoms with Gasteiger partial charge in [-0.1, -0.05) is 12.8 Å². The average molecular weight is 409 g/mol. The van der Waals surface area contributed by atoms with E-state index in [1.54, 1.807) is 10.9 Å². The van der Waals surface area contributed by atoms with Crippen LogP contribution < -0.4 is 0 Å². The van der Waals surface area contributed by atoms with Crippen LogP contribution in [0.25, 0.3) is 0 Å². The van der Waals surface area contributed by atoms with E-state index in [0.29, 0.717) is 25.1 Å². The van der Waals surface area contributed by atoms with Gasteiger partial charge >= 0.3 is 6.18 Å². The lowest BCUT2D eigenvalue weighted by atomic mass is 9.95. The zero-order valence-corrected chi connectivity index (χ0v) is 16.6. The minimum Gasteiger partial charge on any atom is -0.334 e. The number of carbonyl (C=O) groups excluding carboxylic acids is 1. The van der Waals surface area contributed by atoms with Gasteiger partial charge in [0.25, 0.3) is 0 Å². The van der Waals surface area contributed by atoms with Crippen LogP contribution in [0.1, 0.15) is 67.1 Å². The summed E-state index contributed by atoms with van der Waals surface area (Å²) >= 11 is 0. The second-order valence-corrected chi connectivity index (χ2v) is 8.04. The number of amides is 1. The number of aryl methyl sites for hydroxylation is 1. The van der Waals surface area contributed by atoms with E-state index < -0.39 is 11.9 Å². The smallest absolute Gasteiger partial charge is 0.334 e. The van der Waals surface area contributed by atoms with Crippen molar-refractivity contribution in [2.24, 2.45) is 7.05 Å². The summed E-state index contributed by atoms with van der Waals surface area (Å²) in [4.78, 5) is 15.0. The predicted molar refractivity (Wildman–Crippen MR) is 100 cm³/mol. The van der Waals surface area contributed by atoms with E-state index in [1.807, 2.05) is 18.1 Å². The molecule has 1 amide bonds.